The Labute approximate surface area is 110 Å². The molecule has 0 saturated carbocycles. The maximum atomic E-state index is 12.5. The first-order valence-corrected chi connectivity index (χ1v) is 6.19. The van der Waals surface area contributed by atoms with Crippen LogP contribution in [-0.4, -0.2) is 4.98 Å². The van der Waals surface area contributed by atoms with E-state index in [2.05, 4.69) is 10.3 Å². The molecule has 0 fully saturated rings. The van der Waals surface area contributed by atoms with Gasteiger partial charge >= 0.3 is 0 Å². The molecule has 0 saturated heterocycles. The fourth-order valence-corrected chi connectivity index (χ4v) is 2.18. The molecule has 0 atom stereocenters. The molecule has 3 nitrogen and oxygen atoms in total. The van der Waals surface area contributed by atoms with E-state index >= 15 is 0 Å². The van der Waals surface area contributed by atoms with Crippen LogP contribution >= 0.6 is 0 Å². The van der Waals surface area contributed by atoms with Crippen LogP contribution in [0, 0.1) is 6.92 Å². The molecule has 19 heavy (non-hydrogen) atoms. The zero-order valence-corrected chi connectivity index (χ0v) is 10.6. The number of H-pyrrole nitrogens is 1. The van der Waals surface area contributed by atoms with Gasteiger partial charge in [0.25, 0.3) is 0 Å². The topological polar surface area (TPSA) is 44.9 Å². The Morgan fingerprint density at radius 2 is 1.63 bits per heavy atom. The number of aryl methyl sites for hydroxylation is 1. The van der Waals surface area contributed by atoms with E-state index in [4.69, 9.17) is 0 Å². The van der Waals surface area contributed by atoms with Gasteiger partial charge in [0.15, 0.2) is 0 Å². The van der Waals surface area contributed by atoms with E-state index in [0.29, 0.717) is 11.1 Å². The molecular formula is C16H14N2O. The molecule has 3 heteroatoms. The average molecular weight is 250 g/mol. The van der Waals surface area contributed by atoms with Crippen LogP contribution in [0.1, 0.15) is 5.69 Å². The highest BCUT2D eigenvalue weighted by atomic mass is 16.1. The van der Waals surface area contributed by atoms with E-state index in [9.17, 15) is 4.79 Å². The van der Waals surface area contributed by atoms with Crippen LogP contribution in [0.4, 0.5) is 11.4 Å². The molecule has 1 aromatic heterocycles. The van der Waals surface area contributed by atoms with Gasteiger partial charge in [0.1, 0.15) is 5.69 Å². The lowest BCUT2D eigenvalue weighted by molar-refractivity contribution is 1.24. The van der Waals surface area contributed by atoms with Crippen LogP contribution in [0.25, 0.3) is 10.9 Å². The zero-order chi connectivity index (χ0) is 13.2. The Morgan fingerprint density at radius 1 is 0.947 bits per heavy atom. The molecule has 0 radical (unpaired) electrons. The van der Waals surface area contributed by atoms with Gasteiger partial charge in [0.2, 0.25) is 5.43 Å². The van der Waals surface area contributed by atoms with Crippen molar-refractivity contribution in [2.45, 2.75) is 6.92 Å². The van der Waals surface area contributed by atoms with Crippen LogP contribution < -0.4 is 10.7 Å². The van der Waals surface area contributed by atoms with Gasteiger partial charge in [0, 0.05) is 22.3 Å². The fraction of sp³-hybridized carbons (Fsp3) is 0.0625. The van der Waals surface area contributed by atoms with E-state index < -0.39 is 0 Å². The third-order valence-corrected chi connectivity index (χ3v) is 3.14. The molecule has 3 aromatic rings. The molecule has 0 unspecified atom stereocenters. The van der Waals surface area contributed by atoms with Crippen LogP contribution in [0.15, 0.2) is 59.4 Å². The molecule has 0 aliphatic heterocycles. The third-order valence-electron chi connectivity index (χ3n) is 3.14. The standard InChI is InChI=1S/C16H14N2O/c1-11-15(18-12-7-3-2-4-8-12)16(19)13-9-5-6-10-14(13)17-11/h2-10,18H,1H3,(H,17,19). The van der Waals surface area contributed by atoms with Gasteiger partial charge in [-0.25, -0.2) is 0 Å². The molecule has 0 bridgehead atoms. The number of benzene rings is 2. The first kappa shape index (κ1) is 11.5. The second-order valence-electron chi connectivity index (χ2n) is 4.49. The van der Waals surface area contributed by atoms with Gasteiger partial charge < -0.3 is 10.3 Å². The number of fused-ring (bicyclic) bond motifs is 1. The summed E-state index contributed by atoms with van der Waals surface area (Å²) in [4.78, 5) is 15.7. The molecule has 0 aliphatic carbocycles. The number of para-hydroxylation sites is 2. The Balaban J connectivity index is 2.16. The van der Waals surface area contributed by atoms with Gasteiger partial charge in [-0.15, -0.1) is 0 Å². The Kier molecular flexibility index (Phi) is 2.80. The van der Waals surface area contributed by atoms with Crippen molar-refractivity contribution in [3.63, 3.8) is 0 Å². The maximum absolute atomic E-state index is 12.5. The molecular weight excluding hydrogens is 236 g/mol. The van der Waals surface area contributed by atoms with Gasteiger partial charge in [0.05, 0.1) is 0 Å². The molecule has 0 aliphatic rings. The van der Waals surface area contributed by atoms with Gasteiger partial charge in [-0.2, -0.15) is 0 Å². The number of hydrogen-bond acceptors (Lipinski definition) is 2. The van der Waals surface area contributed by atoms with E-state index in [1.165, 1.54) is 0 Å². The van der Waals surface area contributed by atoms with Crippen molar-refractivity contribution in [3.8, 4) is 0 Å². The van der Waals surface area contributed by atoms with Crippen molar-refractivity contribution in [2.75, 3.05) is 5.32 Å². The summed E-state index contributed by atoms with van der Waals surface area (Å²) < 4.78 is 0. The minimum absolute atomic E-state index is 0.0238. The molecule has 2 N–H and O–H groups in total. The number of hydrogen-bond donors (Lipinski definition) is 2. The van der Waals surface area contributed by atoms with E-state index in [0.717, 1.165) is 16.9 Å². The van der Waals surface area contributed by atoms with Crippen LogP contribution in [0.3, 0.4) is 0 Å². The summed E-state index contributed by atoms with van der Waals surface area (Å²) in [6.45, 7) is 1.90. The summed E-state index contributed by atoms with van der Waals surface area (Å²) in [6.07, 6.45) is 0. The minimum Gasteiger partial charge on any atom is -0.357 e. The summed E-state index contributed by atoms with van der Waals surface area (Å²) in [5.41, 5.74) is 3.24. The monoisotopic (exact) mass is 250 g/mol. The average Bonchev–Trinajstić information content (AvgIpc) is 2.45. The summed E-state index contributed by atoms with van der Waals surface area (Å²) in [6, 6.07) is 17.2. The van der Waals surface area contributed by atoms with Crippen molar-refractivity contribution >= 4 is 22.3 Å². The Hall–Kier alpha value is -2.55. The van der Waals surface area contributed by atoms with E-state index in [1.54, 1.807) is 0 Å². The number of pyridine rings is 1. The highest BCUT2D eigenvalue weighted by molar-refractivity contribution is 5.83. The molecule has 1 heterocycles. The van der Waals surface area contributed by atoms with Crippen LogP contribution in [-0.2, 0) is 0 Å². The molecule has 0 spiro atoms. The van der Waals surface area contributed by atoms with Gasteiger partial charge in [-0.05, 0) is 31.2 Å². The molecule has 2 aromatic carbocycles. The van der Waals surface area contributed by atoms with E-state index in [1.807, 2.05) is 61.5 Å². The largest absolute Gasteiger partial charge is 0.357 e. The number of nitrogens with one attached hydrogen (secondary N) is 2. The lowest BCUT2D eigenvalue weighted by atomic mass is 10.1. The Bertz CT molecular complexity index is 776. The number of aromatic nitrogens is 1. The Morgan fingerprint density at radius 3 is 2.42 bits per heavy atom. The SMILES string of the molecule is Cc1[nH]c2ccccc2c(=O)c1Nc1ccccc1. The number of aromatic amines is 1. The van der Waals surface area contributed by atoms with Crippen molar-refractivity contribution < 1.29 is 0 Å². The second-order valence-corrected chi connectivity index (χ2v) is 4.49. The zero-order valence-electron chi connectivity index (χ0n) is 10.6. The summed E-state index contributed by atoms with van der Waals surface area (Å²) in [7, 11) is 0. The van der Waals surface area contributed by atoms with Gasteiger partial charge in [-0.1, -0.05) is 30.3 Å². The summed E-state index contributed by atoms with van der Waals surface area (Å²) in [5, 5.41) is 3.89. The number of anilines is 2. The van der Waals surface area contributed by atoms with E-state index in [-0.39, 0.29) is 5.43 Å². The highest BCUT2D eigenvalue weighted by Gasteiger charge is 2.08. The smallest absolute Gasteiger partial charge is 0.213 e. The first-order valence-electron chi connectivity index (χ1n) is 6.19. The number of rotatable bonds is 2. The lowest BCUT2D eigenvalue weighted by Gasteiger charge is -2.10. The normalized spacial score (nSPS) is 10.6. The van der Waals surface area contributed by atoms with Crippen LogP contribution in [0.2, 0.25) is 0 Å². The summed E-state index contributed by atoms with van der Waals surface area (Å²) in [5.74, 6) is 0. The second kappa shape index (κ2) is 4.61. The first-order chi connectivity index (χ1) is 9.25. The van der Waals surface area contributed by atoms with Crippen molar-refractivity contribution in [2.24, 2.45) is 0 Å². The molecule has 0 amide bonds. The van der Waals surface area contributed by atoms with Crippen LogP contribution in [0.5, 0.6) is 0 Å². The van der Waals surface area contributed by atoms with Crippen molar-refractivity contribution in [1.29, 1.82) is 0 Å². The highest BCUT2D eigenvalue weighted by Crippen LogP contribution is 2.18. The lowest BCUT2D eigenvalue weighted by Crippen LogP contribution is -2.12. The predicted octanol–water partition coefficient (Wildman–Crippen LogP) is 3.58. The molecule has 3 rings (SSSR count). The quantitative estimate of drug-likeness (QED) is 0.730. The predicted molar refractivity (Wildman–Crippen MR) is 79.0 cm³/mol. The minimum atomic E-state index is 0.0238. The fourth-order valence-electron chi connectivity index (χ4n) is 2.18. The van der Waals surface area contributed by atoms with Gasteiger partial charge in [-0.3, -0.25) is 4.79 Å². The van der Waals surface area contributed by atoms with Crippen molar-refractivity contribution in [1.82, 2.24) is 4.98 Å². The van der Waals surface area contributed by atoms with Crippen molar-refractivity contribution in [3.05, 3.63) is 70.5 Å². The maximum Gasteiger partial charge on any atom is 0.213 e. The summed E-state index contributed by atoms with van der Waals surface area (Å²) >= 11 is 0. The third kappa shape index (κ3) is 2.10. The molecule has 94 valence electrons.